The highest BCUT2D eigenvalue weighted by Gasteiger charge is 2.26. The number of hydrogen-bond acceptors (Lipinski definition) is 2. The van der Waals surface area contributed by atoms with E-state index in [1.165, 1.54) is 5.56 Å². The van der Waals surface area contributed by atoms with E-state index in [-0.39, 0.29) is 12.4 Å². The first-order chi connectivity index (χ1) is 11.3. The summed E-state index contributed by atoms with van der Waals surface area (Å²) in [4.78, 5) is 0. The first-order valence-corrected chi connectivity index (χ1v) is 9.63. The third-order valence-electron chi connectivity index (χ3n) is 3.85. The van der Waals surface area contributed by atoms with E-state index in [1.54, 1.807) is 0 Å². The summed E-state index contributed by atoms with van der Waals surface area (Å²) < 4.78 is 13.7. The monoisotopic (exact) mass is 357 g/mol. The average Bonchev–Trinajstić information content (AvgIpc) is 2.64. The van der Waals surface area contributed by atoms with Crippen LogP contribution < -0.4 is 15.9 Å². The Morgan fingerprint density at radius 1 is 0.667 bits per heavy atom. The molecule has 0 heterocycles. The fourth-order valence-corrected chi connectivity index (χ4v) is 5.02. The first-order valence-electron chi connectivity index (χ1n) is 7.74. The summed E-state index contributed by atoms with van der Waals surface area (Å²) in [6.07, 6.45) is 0.454. The maximum Gasteiger partial charge on any atom is 0.156 e. The topological polar surface area (TPSA) is 29.1 Å². The minimum Gasteiger partial charge on any atom is -0.312 e. The maximum atomic E-state index is 13.7. The molecule has 2 nitrogen and oxygen atoms in total. The van der Waals surface area contributed by atoms with Crippen LogP contribution in [0, 0.1) is 0 Å². The van der Waals surface area contributed by atoms with Crippen LogP contribution in [0.3, 0.4) is 0 Å². The Morgan fingerprint density at radius 2 is 1.08 bits per heavy atom. The standard InChI is InChI=1S/C20H20NOP.ClH/c22-23(19-12-6-2-7-13-19,20-14-8-3-9-15-20)17-21-16-18-10-4-1-5-11-18;/h1-15,21H,16-17H2;1H. The third-order valence-corrected chi connectivity index (χ3v) is 6.79. The van der Waals surface area contributed by atoms with E-state index in [9.17, 15) is 4.57 Å². The lowest BCUT2D eigenvalue weighted by Crippen LogP contribution is -2.26. The first kappa shape index (κ1) is 18.5. The van der Waals surface area contributed by atoms with Crippen molar-refractivity contribution in [2.45, 2.75) is 6.54 Å². The summed E-state index contributed by atoms with van der Waals surface area (Å²) in [5.41, 5.74) is 1.19. The van der Waals surface area contributed by atoms with Gasteiger partial charge in [0.25, 0.3) is 0 Å². The van der Waals surface area contributed by atoms with Crippen LogP contribution in [0.5, 0.6) is 0 Å². The highest BCUT2D eigenvalue weighted by Crippen LogP contribution is 2.41. The van der Waals surface area contributed by atoms with E-state index in [0.29, 0.717) is 12.8 Å². The van der Waals surface area contributed by atoms with E-state index in [2.05, 4.69) is 17.4 Å². The Labute approximate surface area is 149 Å². The quantitative estimate of drug-likeness (QED) is 0.671. The van der Waals surface area contributed by atoms with E-state index >= 15 is 0 Å². The molecule has 0 fully saturated rings. The number of nitrogens with one attached hydrogen (secondary N) is 1. The van der Waals surface area contributed by atoms with Crippen LogP contribution in [-0.4, -0.2) is 6.29 Å². The molecule has 1 N–H and O–H groups in total. The van der Waals surface area contributed by atoms with Crippen LogP contribution in [0.25, 0.3) is 0 Å². The van der Waals surface area contributed by atoms with Gasteiger partial charge in [0.15, 0.2) is 7.14 Å². The lowest BCUT2D eigenvalue weighted by atomic mass is 10.2. The van der Waals surface area contributed by atoms with Gasteiger partial charge in [-0.15, -0.1) is 12.4 Å². The molecule has 0 radical (unpaired) electrons. The molecule has 0 bridgehead atoms. The molecular formula is C20H21ClNOP. The fourth-order valence-electron chi connectivity index (χ4n) is 2.62. The smallest absolute Gasteiger partial charge is 0.156 e. The molecule has 24 heavy (non-hydrogen) atoms. The summed E-state index contributed by atoms with van der Waals surface area (Å²) in [5, 5.41) is 5.17. The van der Waals surface area contributed by atoms with Crippen molar-refractivity contribution < 1.29 is 4.57 Å². The van der Waals surface area contributed by atoms with Gasteiger partial charge in [-0.25, -0.2) is 0 Å². The Kier molecular flexibility index (Phi) is 6.81. The van der Waals surface area contributed by atoms with Gasteiger partial charge in [-0.2, -0.15) is 0 Å². The molecule has 4 heteroatoms. The van der Waals surface area contributed by atoms with Crippen molar-refractivity contribution in [1.82, 2.24) is 5.32 Å². The molecule has 0 unspecified atom stereocenters. The van der Waals surface area contributed by atoms with Gasteiger partial charge in [0.05, 0.1) is 6.29 Å². The summed E-state index contributed by atoms with van der Waals surface area (Å²) >= 11 is 0. The molecule has 0 aliphatic carbocycles. The van der Waals surface area contributed by atoms with Gasteiger partial charge in [0, 0.05) is 17.2 Å². The minimum absolute atomic E-state index is 0. The van der Waals surface area contributed by atoms with Crippen molar-refractivity contribution in [2.24, 2.45) is 0 Å². The van der Waals surface area contributed by atoms with Gasteiger partial charge in [0.2, 0.25) is 0 Å². The molecule has 3 rings (SSSR count). The van der Waals surface area contributed by atoms with E-state index in [4.69, 9.17) is 0 Å². The fraction of sp³-hybridized carbons (Fsp3) is 0.100. The zero-order chi connectivity index (χ0) is 16.0. The molecule has 0 spiro atoms. The zero-order valence-electron chi connectivity index (χ0n) is 13.3. The van der Waals surface area contributed by atoms with Gasteiger partial charge in [-0.3, -0.25) is 0 Å². The van der Waals surface area contributed by atoms with E-state index < -0.39 is 7.14 Å². The molecule has 3 aromatic carbocycles. The predicted molar refractivity (Wildman–Crippen MR) is 105 cm³/mol. The molecule has 124 valence electrons. The van der Waals surface area contributed by atoms with Crippen molar-refractivity contribution in [1.29, 1.82) is 0 Å². The lowest BCUT2D eigenvalue weighted by molar-refractivity contribution is 0.581. The van der Waals surface area contributed by atoms with E-state index in [1.807, 2.05) is 78.9 Å². The summed E-state index contributed by atoms with van der Waals surface area (Å²) in [7, 11) is -2.67. The SMILES string of the molecule is Cl.O=P(CNCc1ccccc1)(c1ccccc1)c1ccccc1. The lowest BCUT2D eigenvalue weighted by Gasteiger charge is -2.20. The highest BCUT2D eigenvalue weighted by molar-refractivity contribution is 7.78. The van der Waals surface area contributed by atoms with Crippen LogP contribution in [0.15, 0.2) is 91.0 Å². The Bertz CT molecular complexity index is 735. The Morgan fingerprint density at radius 3 is 1.54 bits per heavy atom. The second-order valence-electron chi connectivity index (χ2n) is 5.48. The minimum atomic E-state index is -2.67. The molecule has 0 aliphatic rings. The molecule has 0 saturated heterocycles. The molecular weight excluding hydrogens is 337 g/mol. The molecule has 0 amide bonds. The van der Waals surface area contributed by atoms with Crippen LogP contribution in [0.1, 0.15) is 5.56 Å². The Balaban J connectivity index is 0.00000208. The zero-order valence-corrected chi connectivity index (χ0v) is 15.0. The largest absolute Gasteiger partial charge is 0.312 e. The van der Waals surface area contributed by atoms with E-state index in [0.717, 1.165) is 10.6 Å². The second-order valence-corrected chi connectivity index (χ2v) is 8.31. The van der Waals surface area contributed by atoms with Gasteiger partial charge in [0.1, 0.15) is 0 Å². The van der Waals surface area contributed by atoms with Crippen LogP contribution >= 0.6 is 19.5 Å². The normalized spacial score (nSPS) is 10.8. The number of benzene rings is 3. The summed E-state index contributed by atoms with van der Waals surface area (Å²) in [6.45, 7) is 0.713. The van der Waals surface area contributed by atoms with Crippen LogP contribution in [-0.2, 0) is 11.1 Å². The van der Waals surface area contributed by atoms with Crippen molar-refractivity contribution in [3.63, 3.8) is 0 Å². The van der Waals surface area contributed by atoms with Crippen LogP contribution in [0.4, 0.5) is 0 Å². The van der Waals surface area contributed by atoms with Crippen molar-refractivity contribution in [3.05, 3.63) is 96.6 Å². The molecule has 3 aromatic rings. The molecule has 0 saturated carbocycles. The van der Waals surface area contributed by atoms with Crippen molar-refractivity contribution in [3.8, 4) is 0 Å². The molecule has 0 aromatic heterocycles. The van der Waals surface area contributed by atoms with Gasteiger partial charge >= 0.3 is 0 Å². The number of hydrogen-bond donors (Lipinski definition) is 1. The van der Waals surface area contributed by atoms with Gasteiger partial charge in [-0.05, 0) is 5.56 Å². The predicted octanol–water partition coefficient (Wildman–Crippen LogP) is 4.17. The van der Waals surface area contributed by atoms with Gasteiger partial charge in [-0.1, -0.05) is 91.0 Å². The molecule has 0 aliphatic heterocycles. The summed E-state index contributed by atoms with van der Waals surface area (Å²) in [5.74, 6) is 0. The Hall–Kier alpha value is -1.86. The average molecular weight is 358 g/mol. The second kappa shape index (κ2) is 8.84. The molecule has 0 atom stereocenters. The number of rotatable bonds is 6. The number of halogens is 1. The third kappa shape index (κ3) is 4.36. The van der Waals surface area contributed by atoms with Gasteiger partial charge < -0.3 is 9.88 Å². The van der Waals surface area contributed by atoms with Crippen molar-refractivity contribution >= 4 is 30.2 Å². The maximum absolute atomic E-state index is 13.7. The summed E-state index contributed by atoms with van der Waals surface area (Å²) in [6, 6.07) is 29.7. The van der Waals surface area contributed by atoms with Crippen molar-refractivity contribution in [2.75, 3.05) is 6.29 Å². The van der Waals surface area contributed by atoms with Crippen LogP contribution in [0.2, 0.25) is 0 Å². The highest BCUT2D eigenvalue weighted by atomic mass is 35.5.